The zero-order valence-electron chi connectivity index (χ0n) is 9.37. The first-order valence-corrected chi connectivity index (χ1v) is 4.93. The highest BCUT2D eigenvalue weighted by atomic mass is 19.1. The fourth-order valence-electron chi connectivity index (χ4n) is 1.33. The summed E-state index contributed by atoms with van der Waals surface area (Å²) in [5.41, 5.74) is 1.78. The highest BCUT2D eigenvalue weighted by Gasteiger charge is 2.06. The van der Waals surface area contributed by atoms with Crippen molar-refractivity contribution in [1.82, 2.24) is 15.2 Å². The molecule has 2 rings (SSSR count). The molecule has 15 heavy (non-hydrogen) atoms. The van der Waals surface area contributed by atoms with Gasteiger partial charge in [-0.1, -0.05) is 13.8 Å². The number of hydrogen-bond donors (Lipinski definition) is 0. The minimum atomic E-state index is -0.282. The smallest absolute Gasteiger partial charge is 0.136 e. The summed E-state index contributed by atoms with van der Waals surface area (Å²) in [4.78, 5) is 4.15. The summed E-state index contributed by atoms with van der Waals surface area (Å²) in [5.74, 6) is -0.282. The van der Waals surface area contributed by atoms with Crippen molar-refractivity contribution >= 4 is 10.9 Å². The fraction of sp³-hybridized carbons (Fsp3) is 0.364. The van der Waals surface area contributed by atoms with Crippen LogP contribution in [0.3, 0.4) is 0 Å². The molecule has 4 heteroatoms. The van der Waals surface area contributed by atoms with Gasteiger partial charge >= 0.3 is 0 Å². The van der Waals surface area contributed by atoms with Crippen LogP contribution in [0.2, 0.25) is 0 Å². The van der Waals surface area contributed by atoms with E-state index in [1.165, 1.54) is 12.3 Å². The fourth-order valence-corrected chi connectivity index (χ4v) is 1.33. The molecule has 0 atom stereocenters. The van der Waals surface area contributed by atoms with E-state index >= 15 is 0 Å². The number of hydrogen-bond acceptors (Lipinski definition) is 3. The van der Waals surface area contributed by atoms with Crippen LogP contribution in [0.4, 0.5) is 4.39 Å². The van der Waals surface area contributed by atoms with Gasteiger partial charge in [-0.25, -0.2) is 4.39 Å². The molecule has 0 aromatic carbocycles. The average Bonchev–Trinajstić information content (AvgIpc) is 2.19. The molecule has 2 heterocycles. The van der Waals surface area contributed by atoms with E-state index in [0.29, 0.717) is 22.3 Å². The lowest BCUT2D eigenvalue weighted by atomic mass is 10.2. The molecule has 0 unspecified atom stereocenters. The van der Waals surface area contributed by atoms with Crippen LogP contribution in [0.1, 0.15) is 25.2 Å². The van der Waals surface area contributed by atoms with Crippen LogP contribution < -0.4 is 0 Å². The van der Waals surface area contributed by atoms with Crippen molar-refractivity contribution in [1.29, 1.82) is 0 Å². The van der Waals surface area contributed by atoms with Crippen LogP contribution in [-0.2, 0) is 0 Å². The van der Waals surface area contributed by atoms with Crippen molar-refractivity contribution in [2.75, 3.05) is 0 Å². The molecule has 0 bridgehead atoms. The van der Waals surface area contributed by atoms with E-state index in [0.717, 1.165) is 0 Å². The van der Waals surface area contributed by atoms with E-state index in [9.17, 15) is 4.39 Å². The normalized spacial score (nSPS) is 9.67. The van der Waals surface area contributed by atoms with E-state index in [1.807, 2.05) is 13.8 Å². The Hall–Kier alpha value is -1.58. The van der Waals surface area contributed by atoms with Crippen molar-refractivity contribution in [2.45, 2.75) is 27.7 Å². The van der Waals surface area contributed by atoms with Gasteiger partial charge in [-0.3, -0.25) is 4.98 Å². The van der Waals surface area contributed by atoms with Gasteiger partial charge in [0.2, 0.25) is 0 Å². The van der Waals surface area contributed by atoms with Crippen LogP contribution in [0.25, 0.3) is 10.9 Å². The van der Waals surface area contributed by atoms with E-state index in [-0.39, 0.29) is 5.82 Å². The molecule has 0 spiro atoms. The first-order chi connectivity index (χ1) is 7.18. The molecule has 0 N–H and O–H groups in total. The second-order valence-corrected chi connectivity index (χ2v) is 2.94. The quantitative estimate of drug-likeness (QED) is 0.666. The minimum absolute atomic E-state index is 0.282. The lowest BCUT2D eigenvalue weighted by molar-refractivity contribution is 0.635. The second kappa shape index (κ2) is 4.77. The summed E-state index contributed by atoms with van der Waals surface area (Å²) >= 11 is 0. The van der Waals surface area contributed by atoms with Gasteiger partial charge in [-0.05, 0) is 19.9 Å². The van der Waals surface area contributed by atoms with Crippen molar-refractivity contribution in [3.63, 3.8) is 0 Å². The summed E-state index contributed by atoms with van der Waals surface area (Å²) in [7, 11) is 0. The predicted octanol–water partition coefficient (Wildman–Crippen LogP) is 2.81. The maximum atomic E-state index is 13.4. The van der Waals surface area contributed by atoms with Crippen molar-refractivity contribution < 1.29 is 4.39 Å². The van der Waals surface area contributed by atoms with E-state index < -0.39 is 0 Å². The van der Waals surface area contributed by atoms with E-state index in [1.54, 1.807) is 13.8 Å². The molecule has 0 aliphatic heterocycles. The monoisotopic (exact) mass is 207 g/mol. The minimum Gasteiger partial charge on any atom is -0.251 e. The Bertz CT molecular complexity index is 469. The Balaban J connectivity index is 0.000000531. The Kier molecular flexibility index (Phi) is 3.66. The zero-order valence-corrected chi connectivity index (χ0v) is 9.37. The SMILES string of the molecule is CC.Cc1cc(F)c2c(C)nncc2n1. The molecule has 2 aromatic heterocycles. The average molecular weight is 207 g/mol. The largest absolute Gasteiger partial charge is 0.251 e. The number of fused-ring (bicyclic) bond motifs is 1. The molecular weight excluding hydrogens is 193 g/mol. The van der Waals surface area contributed by atoms with Crippen LogP contribution in [-0.4, -0.2) is 15.2 Å². The van der Waals surface area contributed by atoms with Crippen LogP contribution in [0.15, 0.2) is 12.3 Å². The molecule has 2 aromatic rings. The van der Waals surface area contributed by atoms with Crippen LogP contribution in [0, 0.1) is 19.7 Å². The van der Waals surface area contributed by atoms with Crippen LogP contribution >= 0.6 is 0 Å². The van der Waals surface area contributed by atoms with Crippen molar-refractivity contribution in [3.05, 3.63) is 29.5 Å². The van der Waals surface area contributed by atoms with Crippen molar-refractivity contribution in [2.24, 2.45) is 0 Å². The lowest BCUT2D eigenvalue weighted by Gasteiger charge is -2.01. The van der Waals surface area contributed by atoms with Gasteiger partial charge in [0, 0.05) is 5.69 Å². The summed E-state index contributed by atoms with van der Waals surface area (Å²) in [6.07, 6.45) is 1.47. The summed E-state index contributed by atoms with van der Waals surface area (Å²) in [6, 6.07) is 1.40. The third-order valence-corrected chi connectivity index (χ3v) is 1.88. The first kappa shape index (κ1) is 11.5. The summed E-state index contributed by atoms with van der Waals surface area (Å²) in [5, 5.41) is 7.94. The molecule has 0 amide bonds. The maximum absolute atomic E-state index is 13.4. The summed E-state index contributed by atoms with van der Waals surface area (Å²) in [6.45, 7) is 7.47. The number of aromatic nitrogens is 3. The van der Waals surface area contributed by atoms with Gasteiger partial charge in [-0.2, -0.15) is 10.2 Å². The van der Waals surface area contributed by atoms with Gasteiger partial charge in [0.1, 0.15) is 5.82 Å². The lowest BCUT2D eigenvalue weighted by Crippen LogP contribution is -1.94. The van der Waals surface area contributed by atoms with Gasteiger partial charge in [0.05, 0.1) is 22.8 Å². The summed E-state index contributed by atoms with van der Waals surface area (Å²) < 4.78 is 13.4. The Morgan fingerprint density at radius 2 is 1.87 bits per heavy atom. The molecule has 0 aliphatic carbocycles. The topological polar surface area (TPSA) is 38.7 Å². The highest BCUT2D eigenvalue weighted by molar-refractivity contribution is 5.80. The molecule has 0 fully saturated rings. The Morgan fingerprint density at radius 3 is 2.53 bits per heavy atom. The van der Waals surface area contributed by atoms with Crippen LogP contribution in [0.5, 0.6) is 0 Å². The van der Waals surface area contributed by atoms with Gasteiger partial charge in [0.15, 0.2) is 0 Å². The number of nitrogens with zero attached hydrogens (tertiary/aromatic N) is 3. The zero-order chi connectivity index (χ0) is 11.4. The standard InChI is InChI=1S/C9H8FN3.C2H6/c1-5-3-7(10)9-6(2)13-11-4-8(9)12-5;1-2/h3-4H,1-2H3;1-2H3. The third kappa shape index (κ3) is 2.26. The molecule has 0 aliphatic rings. The number of pyridine rings is 1. The van der Waals surface area contributed by atoms with Gasteiger partial charge < -0.3 is 0 Å². The highest BCUT2D eigenvalue weighted by Crippen LogP contribution is 2.17. The van der Waals surface area contributed by atoms with Gasteiger partial charge in [-0.15, -0.1) is 0 Å². The third-order valence-electron chi connectivity index (χ3n) is 1.88. The molecule has 0 saturated heterocycles. The maximum Gasteiger partial charge on any atom is 0.136 e. The first-order valence-electron chi connectivity index (χ1n) is 4.93. The second-order valence-electron chi connectivity index (χ2n) is 2.94. The van der Waals surface area contributed by atoms with Gasteiger partial charge in [0.25, 0.3) is 0 Å². The Morgan fingerprint density at radius 1 is 1.20 bits per heavy atom. The number of aryl methyl sites for hydroxylation is 2. The molecule has 0 radical (unpaired) electrons. The van der Waals surface area contributed by atoms with E-state index in [2.05, 4.69) is 15.2 Å². The number of halogens is 1. The van der Waals surface area contributed by atoms with E-state index in [4.69, 9.17) is 0 Å². The predicted molar refractivity (Wildman–Crippen MR) is 58.1 cm³/mol. The molecule has 3 nitrogen and oxygen atoms in total. The Labute approximate surface area is 88.4 Å². The molecular formula is C11H14FN3. The molecule has 0 saturated carbocycles. The number of rotatable bonds is 0. The molecule has 80 valence electrons. The van der Waals surface area contributed by atoms with Crippen molar-refractivity contribution in [3.8, 4) is 0 Å².